The van der Waals surface area contributed by atoms with Crippen molar-refractivity contribution in [2.24, 2.45) is 0 Å². The molecule has 0 atom stereocenters. The highest BCUT2D eigenvalue weighted by Gasteiger charge is 2.15. The van der Waals surface area contributed by atoms with Crippen molar-refractivity contribution in [3.05, 3.63) is 22.7 Å². The van der Waals surface area contributed by atoms with Gasteiger partial charge in [-0.05, 0) is 26.8 Å². The van der Waals surface area contributed by atoms with Gasteiger partial charge in [-0.1, -0.05) is 11.6 Å². The molecule has 1 aromatic carbocycles. The van der Waals surface area contributed by atoms with Crippen molar-refractivity contribution >= 4 is 11.6 Å². The van der Waals surface area contributed by atoms with E-state index in [2.05, 4.69) is 26.1 Å². The van der Waals surface area contributed by atoms with E-state index in [1.54, 1.807) is 13.2 Å². The van der Waals surface area contributed by atoms with Crippen molar-refractivity contribution in [3.8, 4) is 11.5 Å². The predicted molar refractivity (Wildman–Crippen MR) is 81.8 cm³/mol. The molecule has 0 fully saturated rings. The normalized spacial score (nSPS) is 11.5. The van der Waals surface area contributed by atoms with Crippen LogP contribution in [-0.4, -0.2) is 31.0 Å². The third kappa shape index (κ3) is 5.57. The van der Waals surface area contributed by atoms with Crippen LogP contribution >= 0.6 is 11.6 Å². The van der Waals surface area contributed by atoms with Crippen LogP contribution in [0.5, 0.6) is 11.5 Å². The predicted octanol–water partition coefficient (Wildman–Crippen LogP) is 3.00. The highest BCUT2D eigenvalue weighted by Crippen LogP contribution is 2.35. The summed E-state index contributed by atoms with van der Waals surface area (Å²) in [4.78, 5) is 0. The molecule has 0 heterocycles. The van der Waals surface area contributed by atoms with Crippen LogP contribution in [0.3, 0.4) is 0 Å². The van der Waals surface area contributed by atoms with Crippen LogP contribution in [-0.2, 0) is 6.54 Å². The van der Waals surface area contributed by atoms with Gasteiger partial charge in [-0.15, -0.1) is 0 Å². The smallest absolute Gasteiger partial charge is 0.165 e. The molecule has 2 N–H and O–H groups in total. The molecule has 0 unspecified atom stereocenters. The summed E-state index contributed by atoms with van der Waals surface area (Å²) in [5.41, 5.74) is 0.944. The number of benzene rings is 1. The summed E-state index contributed by atoms with van der Waals surface area (Å²) in [6, 6.07) is 3.60. The molecule has 0 aliphatic heterocycles. The van der Waals surface area contributed by atoms with Crippen LogP contribution in [0, 0.1) is 0 Å². The molecule has 0 radical (unpaired) electrons. The second kappa shape index (κ2) is 7.72. The lowest BCUT2D eigenvalue weighted by molar-refractivity contribution is 0.226. The Hall–Kier alpha value is -0.970. The number of hydrogen-bond acceptors (Lipinski definition) is 4. The van der Waals surface area contributed by atoms with Crippen molar-refractivity contribution in [3.63, 3.8) is 0 Å². The fourth-order valence-electron chi connectivity index (χ4n) is 1.67. The van der Waals surface area contributed by atoms with Crippen molar-refractivity contribution < 1.29 is 14.6 Å². The fraction of sp³-hybridized carbons (Fsp3) is 0.600. The van der Waals surface area contributed by atoms with E-state index in [4.69, 9.17) is 26.2 Å². The van der Waals surface area contributed by atoms with Crippen LogP contribution < -0.4 is 14.8 Å². The summed E-state index contributed by atoms with van der Waals surface area (Å²) >= 11 is 6.11. The van der Waals surface area contributed by atoms with E-state index < -0.39 is 0 Å². The Morgan fingerprint density at radius 1 is 1.30 bits per heavy atom. The highest BCUT2D eigenvalue weighted by molar-refractivity contribution is 6.30. The molecule has 0 aliphatic rings. The molecule has 0 spiro atoms. The molecular formula is C15H24ClNO3. The molecule has 0 saturated heterocycles. The van der Waals surface area contributed by atoms with Gasteiger partial charge < -0.3 is 19.9 Å². The van der Waals surface area contributed by atoms with Gasteiger partial charge in [-0.25, -0.2) is 0 Å². The lowest BCUT2D eigenvalue weighted by atomic mass is 10.1. The van der Waals surface area contributed by atoms with Crippen molar-refractivity contribution in [1.82, 2.24) is 5.32 Å². The van der Waals surface area contributed by atoms with E-state index in [9.17, 15) is 0 Å². The Morgan fingerprint density at radius 2 is 2.00 bits per heavy atom. The number of halogens is 1. The third-order valence-electron chi connectivity index (χ3n) is 2.67. The van der Waals surface area contributed by atoms with Gasteiger partial charge in [-0.2, -0.15) is 0 Å². The summed E-state index contributed by atoms with van der Waals surface area (Å²) in [7, 11) is 1.59. The van der Waals surface area contributed by atoms with E-state index in [0.717, 1.165) is 5.56 Å². The molecule has 0 bridgehead atoms. The summed E-state index contributed by atoms with van der Waals surface area (Å²) in [5, 5.41) is 12.9. The first-order valence-electron chi connectivity index (χ1n) is 6.72. The number of aliphatic hydroxyl groups excluding tert-OH is 1. The van der Waals surface area contributed by atoms with E-state index in [1.165, 1.54) is 0 Å². The average molecular weight is 302 g/mol. The van der Waals surface area contributed by atoms with Crippen LogP contribution in [0.25, 0.3) is 0 Å². The zero-order chi connectivity index (χ0) is 15.2. The molecule has 0 amide bonds. The second-order valence-corrected chi connectivity index (χ2v) is 6.06. The summed E-state index contributed by atoms with van der Waals surface area (Å²) in [6.45, 7) is 7.47. The average Bonchev–Trinajstić information content (AvgIpc) is 2.37. The van der Waals surface area contributed by atoms with Gasteiger partial charge in [0.25, 0.3) is 0 Å². The van der Waals surface area contributed by atoms with E-state index in [1.807, 2.05) is 6.07 Å². The van der Waals surface area contributed by atoms with Crippen LogP contribution in [0.1, 0.15) is 32.8 Å². The van der Waals surface area contributed by atoms with E-state index >= 15 is 0 Å². The SMILES string of the molecule is COc1cc(Cl)cc(CNC(C)(C)C)c1OCCCO. The highest BCUT2D eigenvalue weighted by atomic mass is 35.5. The number of ether oxygens (including phenoxy) is 2. The van der Waals surface area contributed by atoms with Gasteiger partial charge in [-0.3, -0.25) is 0 Å². The third-order valence-corrected chi connectivity index (χ3v) is 2.89. The lowest BCUT2D eigenvalue weighted by Gasteiger charge is -2.22. The number of hydrogen-bond donors (Lipinski definition) is 2. The first-order chi connectivity index (χ1) is 9.37. The maximum absolute atomic E-state index is 8.85. The van der Waals surface area contributed by atoms with Crippen LogP contribution in [0.15, 0.2) is 12.1 Å². The Labute approximate surface area is 126 Å². The number of aliphatic hydroxyl groups is 1. The summed E-state index contributed by atoms with van der Waals surface area (Å²) in [6.07, 6.45) is 0.581. The lowest BCUT2D eigenvalue weighted by Crippen LogP contribution is -2.35. The first kappa shape index (κ1) is 17.1. The zero-order valence-corrected chi connectivity index (χ0v) is 13.4. The molecule has 114 valence electrons. The Morgan fingerprint density at radius 3 is 2.55 bits per heavy atom. The molecule has 0 aromatic heterocycles. The number of nitrogens with one attached hydrogen (secondary N) is 1. The van der Waals surface area contributed by atoms with E-state index in [0.29, 0.717) is 36.1 Å². The molecule has 5 heteroatoms. The molecule has 1 rings (SSSR count). The fourth-order valence-corrected chi connectivity index (χ4v) is 1.90. The number of rotatable bonds is 7. The first-order valence-corrected chi connectivity index (χ1v) is 7.10. The maximum atomic E-state index is 8.85. The van der Waals surface area contributed by atoms with Gasteiger partial charge >= 0.3 is 0 Å². The molecule has 0 saturated carbocycles. The Kier molecular flexibility index (Phi) is 6.59. The van der Waals surface area contributed by atoms with Crippen molar-refractivity contribution in [2.45, 2.75) is 39.3 Å². The second-order valence-electron chi connectivity index (χ2n) is 5.63. The van der Waals surface area contributed by atoms with Gasteiger partial charge in [0.15, 0.2) is 11.5 Å². The summed E-state index contributed by atoms with van der Waals surface area (Å²) < 4.78 is 11.1. The van der Waals surface area contributed by atoms with Crippen molar-refractivity contribution in [1.29, 1.82) is 0 Å². The topological polar surface area (TPSA) is 50.7 Å². The number of methoxy groups -OCH3 is 1. The van der Waals surface area contributed by atoms with Gasteiger partial charge in [0.2, 0.25) is 0 Å². The van der Waals surface area contributed by atoms with Gasteiger partial charge in [0, 0.05) is 41.8 Å². The van der Waals surface area contributed by atoms with Gasteiger partial charge in [0.05, 0.1) is 13.7 Å². The maximum Gasteiger partial charge on any atom is 0.165 e. The molecule has 20 heavy (non-hydrogen) atoms. The zero-order valence-electron chi connectivity index (χ0n) is 12.6. The largest absolute Gasteiger partial charge is 0.493 e. The molecule has 0 aliphatic carbocycles. The Bertz CT molecular complexity index is 430. The van der Waals surface area contributed by atoms with Crippen LogP contribution in [0.4, 0.5) is 0 Å². The quantitative estimate of drug-likeness (QED) is 0.760. The molecule has 4 nitrogen and oxygen atoms in total. The minimum atomic E-state index is -0.00206. The minimum Gasteiger partial charge on any atom is -0.493 e. The molecule has 1 aromatic rings. The monoisotopic (exact) mass is 301 g/mol. The van der Waals surface area contributed by atoms with Crippen LogP contribution in [0.2, 0.25) is 5.02 Å². The summed E-state index contributed by atoms with van der Waals surface area (Å²) in [5.74, 6) is 1.29. The van der Waals surface area contributed by atoms with Crippen molar-refractivity contribution in [2.75, 3.05) is 20.3 Å². The minimum absolute atomic E-state index is 0.00206. The Balaban J connectivity index is 2.95. The van der Waals surface area contributed by atoms with Gasteiger partial charge in [0.1, 0.15) is 0 Å². The molecular weight excluding hydrogens is 278 g/mol. The standard InChI is InChI=1S/C15H24ClNO3/c1-15(2,3)17-10-11-8-12(16)9-13(19-4)14(11)20-7-5-6-18/h8-9,17-18H,5-7,10H2,1-4H3. The van der Waals surface area contributed by atoms with E-state index in [-0.39, 0.29) is 12.1 Å².